The third-order valence-electron chi connectivity index (χ3n) is 2.25. The minimum absolute atomic E-state index is 0.314. The molecule has 6 nitrogen and oxygen atoms in total. The lowest BCUT2D eigenvalue weighted by Gasteiger charge is -2.06. The fourth-order valence-corrected chi connectivity index (χ4v) is 1.97. The van der Waals surface area contributed by atoms with Crippen molar-refractivity contribution in [2.75, 3.05) is 18.2 Å². The van der Waals surface area contributed by atoms with Crippen LogP contribution in [0, 0.1) is 6.92 Å². The summed E-state index contributed by atoms with van der Waals surface area (Å²) in [4.78, 5) is 12.0. The van der Waals surface area contributed by atoms with Gasteiger partial charge >= 0.3 is 0 Å². The second kappa shape index (κ2) is 5.01. The van der Waals surface area contributed by atoms with E-state index in [1.165, 1.54) is 11.3 Å². The van der Waals surface area contributed by atoms with Crippen LogP contribution in [0.1, 0.15) is 15.4 Å². The van der Waals surface area contributed by atoms with Crippen LogP contribution >= 0.6 is 11.3 Å². The number of ether oxygens (including phenoxy) is 1. The molecule has 0 atom stereocenters. The Morgan fingerprint density at radius 1 is 1.44 bits per heavy atom. The number of hydrogen-bond donors (Lipinski definition) is 2. The summed E-state index contributed by atoms with van der Waals surface area (Å²) in [6, 6.07) is 4.88. The highest BCUT2D eigenvalue weighted by Crippen LogP contribution is 2.21. The van der Waals surface area contributed by atoms with Crippen molar-refractivity contribution in [1.29, 1.82) is 0 Å². The van der Waals surface area contributed by atoms with Crippen LogP contribution in [0.5, 0.6) is 5.75 Å². The van der Waals surface area contributed by atoms with Gasteiger partial charge in [0.2, 0.25) is 5.13 Å². The van der Waals surface area contributed by atoms with Gasteiger partial charge in [0.1, 0.15) is 10.8 Å². The molecule has 1 heterocycles. The topological polar surface area (TPSA) is 90.1 Å². The summed E-state index contributed by atoms with van der Waals surface area (Å²) in [6.07, 6.45) is 0. The minimum Gasteiger partial charge on any atom is -0.497 e. The summed E-state index contributed by atoms with van der Waals surface area (Å²) in [5, 5.41) is 11.5. The van der Waals surface area contributed by atoms with Gasteiger partial charge in [-0.15, -0.1) is 10.2 Å². The number of methoxy groups -OCH3 is 1. The monoisotopic (exact) mass is 264 g/mol. The lowest BCUT2D eigenvalue weighted by Crippen LogP contribution is -2.13. The van der Waals surface area contributed by atoms with Gasteiger partial charge in [0.15, 0.2) is 0 Å². The maximum atomic E-state index is 12.0. The number of hydrogen-bond acceptors (Lipinski definition) is 6. The highest BCUT2D eigenvalue weighted by atomic mass is 32.1. The number of carbonyl (C=O) groups excluding carboxylic acids is 1. The van der Waals surface area contributed by atoms with Crippen molar-refractivity contribution >= 4 is 28.1 Å². The summed E-state index contributed by atoms with van der Waals surface area (Å²) in [6.45, 7) is 1.81. The summed E-state index contributed by atoms with van der Waals surface area (Å²) in [7, 11) is 1.54. The molecule has 7 heteroatoms. The first-order valence-corrected chi connectivity index (χ1v) is 5.97. The fourth-order valence-electron chi connectivity index (χ4n) is 1.39. The van der Waals surface area contributed by atoms with Crippen molar-refractivity contribution in [2.45, 2.75) is 6.92 Å². The quantitative estimate of drug-likeness (QED) is 0.823. The van der Waals surface area contributed by atoms with E-state index in [4.69, 9.17) is 10.5 Å². The van der Waals surface area contributed by atoms with Gasteiger partial charge in [-0.05, 0) is 19.1 Å². The first-order valence-electron chi connectivity index (χ1n) is 5.15. The summed E-state index contributed by atoms with van der Waals surface area (Å²) < 4.78 is 5.02. The first-order chi connectivity index (χ1) is 8.60. The van der Waals surface area contributed by atoms with Crippen molar-refractivity contribution in [3.63, 3.8) is 0 Å². The van der Waals surface area contributed by atoms with E-state index in [9.17, 15) is 4.79 Å². The average Bonchev–Trinajstić information content (AvgIpc) is 2.74. The first kappa shape index (κ1) is 12.3. The zero-order chi connectivity index (χ0) is 13.1. The second-order valence-corrected chi connectivity index (χ2v) is 4.72. The van der Waals surface area contributed by atoms with Gasteiger partial charge in [-0.2, -0.15) is 0 Å². The van der Waals surface area contributed by atoms with E-state index in [-0.39, 0.29) is 5.91 Å². The maximum absolute atomic E-state index is 12.0. The summed E-state index contributed by atoms with van der Waals surface area (Å²) >= 11 is 1.30. The van der Waals surface area contributed by atoms with E-state index in [2.05, 4.69) is 15.5 Å². The van der Waals surface area contributed by atoms with E-state index in [1.54, 1.807) is 25.3 Å². The molecule has 0 bridgehead atoms. The number of aromatic nitrogens is 2. The van der Waals surface area contributed by atoms with E-state index >= 15 is 0 Å². The zero-order valence-corrected chi connectivity index (χ0v) is 10.7. The van der Waals surface area contributed by atoms with Crippen molar-refractivity contribution in [3.05, 3.63) is 28.8 Å². The minimum atomic E-state index is -0.314. The third kappa shape index (κ3) is 2.57. The van der Waals surface area contributed by atoms with Gasteiger partial charge in [-0.25, -0.2) is 0 Å². The molecule has 0 aliphatic carbocycles. The smallest absolute Gasteiger partial charge is 0.259 e. The fraction of sp³-hybridized carbons (Fsp3) is 0.182. The molecule has 1 amide bonds. The third-order valence-corrected chi connectivity index (χ3v) is 3.00. The molecule has 1 aromatic carbocycles. The maximum Gasteiger partial charge on any atom is 0.259 e. The molecule has 0 saturated carbocycles. The van der Waals surface area contributed by atoms with Gasteiger partial charge in [0, 0.05) is 11.8 Å². The van der Waals surface area contributed by atoms with E-state index in [0.717, 1.165) is 5.01 Å². The normalized spacial score (nSPS) is 10.1. The SMILES string of the molecule is COc1ccc(C(=O)Nc2nnc(C)s2)c(N)c1. The predicted octanol–water partition coefficient (Wildman–Crippen LogP) is 1.69. The Kier molecular flexibility index (Phi) is 3.42. The van der Waals surface area contributed by atoms with Gasteiger partial charge in [-0.3, -0.25) is 10.1 Å². The van der Waals surface area contributed by atoms with E-state index in [1.807, 2.05) is 6.92 Å². The number of carbonyl (C=O) groups is 1. The number of benzene rings is 1. The van der Waals surface area contributed by atoms with Crippen LogP contribution in [-0.2, 0) is 0 Å². The van der Waals surface area contributed by atoms with Crippen molar-refractivity contribution in [2.24, 2.45) is 0 Å². The molecule has 1 aromatic heterocycles. The van der Waals surface area contributed by atoms with Gasteiger partial charge in [-0.1, -0.05) is 11.3 Å². The summed E-state index contributed by atoms with van der Waals surface area (Å²) in [5.41, 5.74) is 6.52. The molecule has 94 valence electrons. The number of amides is 1. The van der Waals surface area contributed by atoms with Gasteiger partial charge < -0.3 is 10.5 Å². The van der Waals surface area contributed by atoms with Crippen LogP contribution in [-0.4, -0.2) is 23.2 Å². The lowest BCUT2D eigenvalue weighted by molar-refractivity contribution is 0.102. The average molecular weight is 264 g/mol. The Morgan fingerprint density at radius 2 is 2.22 bits per heavy atom. The molecule has 0 aliphatic heterocycles. The van der Waals surface area contributed by atoms with Crippen LogP contribution < -0.4 is 15.8 Å². The number of aryl methyl sites for hydroxylation is 1. The molecule has 3 N–H and O–H groups in total. The molecule has 0 fully saturated rings. The summed E-state index contributed by atoms with van der Waals surface area (Å²) in [5.74, 6) is 0.294. The molecule has 2 rings (SSSR count). The molecule has 0 saturated heterocycles. The Hall–Kier alpha value is -2.15. The van der Waals surface area contributed by atoms with Gasteiger partial charge in [0.25, 0.3) is 5.91 Å². The standard InChI is InChI=1S/C11H12N4O2S/c1-6-14-15-11(18-6)13-10(16)8-4-3-7(17-2)5-9(8)12/h3-5H,12H2,1-2H3,(H,13,15,16). The largest absolute Gasteiger partial charge is 0.497 e. The zero-order valence-electron chi connectivity index (χ0n) is 9.93. The van der Waals surface area contributed by atoms with Crippen molar-refractivity contribution in [1.82, 2.24) is 10.2 Å². The number of rotatable bonds is 3. The molecule has 2 aromatic rings. The van der Waals surface area contributed by atoms with Crippen molar-refractivity contribution < 1.29 is 9.53 Å². The number of nitrogens with two attached hydrogens (primary N) is 1. The van der Waals surface area contributed by atoms with Crippen LogP contribution in [0.3, 0.4) is 0 Å². The Morgan fingerprint density at radius 3 is 2.78 bits per heavy atom. The molecule has 0 unspecified atom stereocenters. The number of nitrogens with zero attached hydrogens (tertiary/aromatic N) is 2. The molecule has 0 spiro atoms. The van der Waals surface area contributed by atoms with Gasteiger partial charge in [0.05, 0.1) is 12.7 Å². The predicted molar refractivity (Wildman–Crippen MR) is 70.0 cm³/mol. The number of anilines is 2. The second-order valence-electron chi connectivity index (χ2n) is 3.53. The lowest BCUT2D eigenvalue weighted by atomic mass is 10.1. The Labute approximate surface area is 108 Å². The number of nitrogen functional groups attached to an aromatic ring is 1. The van der Waals surface area contributed by atoms with Crippen LogP contribution in [0.25, 0.3) is 0 Å². The Bertz CT molecular complexity index is 582. The molecular weight excluding hydrogens is 252 g/mol. The highest BCUT2D eigenvalue weighted by molar-refractivity contribution is 7.15. The van der Waals surface area contributed by atoms with Crippen molar-refractivity contribution in [3.8, 4) is 5.75 Å². The highest BCUT2D eigenvalue weighted by Gasteiger charge is 2.12. The number of nitrogens with one attached hydrogen (secondary N) is 1. The molecular formula is C11H12N4O2S. The van der Waals surface area contributed by atoms with Crippen LogP contribution in [0.15, 0.2) is 18.2 Å². The molecule has 18 heavy (non-hydrogen) atoms. The molecule has 0 radical (unpaired) electrons. The van der Waals surface area contributed by atoms with E-state index < -0.39 is 0 Å². The van der Waals surface area contributed by atoms with Crippen LogP contribution in [0.2, 0.25) is 0 Å². The van der Waals surface area contributed by atoms with Crippen LogP contribution in [0.4, 0.5) is 10.8 Å². The molecule has 0 aliphatic rings. The van der Waals surface area contributed by atoms with E-state index in [0.29, 0.717) is 22.1 Å². The Balaban J connectivity index is 2.18.